The van der Waals surface area contributed by atoms with Gasteiger partial charge >= 0.3 is 0 Å². The zero-order valence-electron chi connectivity index (χ0n) is 12.2. The van der Waals surface area contributed by atoms with Gasteiger partial charge in [0.15, 0.2) is 0 Å². The summed E-state index contributed by atoms with van der Waals surface area (Å²) in [5.74, 6) is 0.0133. The van der Waals surface area contributed by atoms with Gasteiger partial charge in [-0.2, -0.15) is 0 Å². The molecule has 2 aromatic rings. The second-order valence-corrected chi connectivity index (χ2v) is 8.35. The number of aromatic nitrogens is 1. The first-order valence-corrected chi connectivity index (χ1v) is 9.16. The van der Waals surface area contributed by atoms with Crippen LogP contribution in [-0.4, -0.2) is 33.9 Å². The minimum absolute atomic E-state index is 0.0133. The first-order valence-electron chi connectivity index (χ1n) is 7.55. The third-order valence-electron chi connectivity index (χ3n) is 4.55. The fourth-order valence-corrected chi connectivity index (χ4v) is 6.90. The van der Waals surface area contributed by atoms with Crippen LogP contribution in [0, 0.1) is 0 Å². The van der Waals surface area contributed by atoms with E-state index < -0.39 is 7.44 Å². The molecule has 22 heavy (non-hydrogen) atoms. The molecule has 0 radical (unpaired) electrons. The van der Waals surface area contributed by atoms with E-state index in [1.807, 2.05) is 35.0 Å². The van der Waals surface area contributed by atoms with E-state index in [-0.39, 0.29) is 5.75 Å². The third kappa shape index (κ3) is 1.89. The molecular weight excluding hydrogens is 297 g/mol. The average molecular weight is 315 g/mol. The summed E-state index contributed by atoms with van der Waals surface area (Å²) in [6.45, 7) is 1.55. The lowest BCUT2D eigenvalue weighted by Gasteiger charge is -2.31. The molecule has 1 aromatic carbocycles. The first kappa shape index (κ1) is 13.8. The number of benzene rings is 1. The maximum atomic E-state index is 14.0. The Morgan fingerprint density at radius 2 is 2.05 bits per heavy atom. The molecule has 114 valence electrons. The van der Waals surface area contributed by atoms with Crippen LogP contribution in [0.3, 0.4) is 0 Å². The van der Waals surface area contributed by atoms with Gasteiger partial charge in [-0.3, -0.25) is 9.55 Å². The molecule has 0 amide bonds. The summed E-state index contributed by atoms with van der Waals surface area (Å²) in [5, 5.41) is 10.7. The molecule has 2 fully saturated rings. The molecule has 5 nitrogen and oxygen atoms in total. The number of anilines is 1. The van der Waals surface area contributed by atoms with E-state index >= 15 is 0 Å². The number of hydrogen-bond acceptors (Lipinski definition) is 3. The highest BCUT2D eigenvalue weighted by Gasteiger charge is 2.52. The monoisotopic (exact) mass is 315 g/mol. The quantitative estimate of drug-likeness (QED) is 0.863. The van der Waals surface area contributed by atoms with Crippen LogP contribution in [0.15, 0.2) is 48.8 Å². The van der Waals surface area contributed by atoms with E-state index in [0.717, 1.165) is 31.6 Å². The average Bonchev–Trinajstić information content (AvgIpc) is 3.11. The highest BCUT2D eigenvalue weighted by Crippen LogP contribution is 2.62. The number of para-hydroxylation sites is 1. The van der Waals surface area contributed by atoms with Crippen LogP contribution >= 0.6 is 7.44 Å². The zero-order chi connectivity index (χ0) is 15.2. The second kappa shape index (κ2) is 5.11. The summed E-state index contributed by atoms with van der Waals surface area (Å²) in [4.78, 5) is 3.92. The topological polar surface area (TPSA) is 56.7 Å². The van der Waals surface area contributed by atoms with Gasteiger partial charge in [0.25, 0.3) is 7.44 Å². The lowest BCUT2D eigenvalue weighted by molar-refractivity contribution is 0.433. The summed E-state index contributed by atoms with van der Waals surface area (Å²) in [6, 6.07) is 11.8. The standard InChI is InChI=1S/C16H18N3O2P/c20-15-11-17-9-8-16(15)22(21)18-10-4-7-14(18)12-19(22)13-5-2-1-3-6-13/h1-3,5-6,8-9,11,14,20H,4,7,10,12H2/t14-,22-/m0/s1. The number of hydrogen-bond donors (Lipinski definition) is 1. The lowest BCUT2D eigenvalue weighted by atomic mass is 10.2. The van der Waals surface area contributed by atoms with Crippen LogP contribution in [0.2, 0.25) is 0 Å². The van der Waals surface area contributed by atoms with E-state index in [2.05, 4.69) is 9.65 Å². The number of nitrogens with zero attached hydrogens (tertiary/aromatic N) is 3. The van der Waals surface area contributed by atoms with Crippen LogP contribution in [0.4, 0.5) is 5.69 Å². The zero-order valence-corrected chi connectivity index (χ0v) is 13.1. The second-order valence-electron chi connectivity index (χ2n) is 5.79. The molecule has 2 aliphatic heterocycles. The number of rotatable bonds is 2. The van der Waals surface area contributed by atoms with Crippen LogP contribution in [0.25, 0.3) is 0 Å². The van der Waals surface area contributed by atoms with E-state index in [0.29, 0.717) is 11.3 Å². The molecule has 2 atom stereocenters. The predicted molar refractivity (Wildman–Crippen MR) is 86.7 cm³/mol. The van der Waals surface area contributed by atoms with Gasteiger partial charge in [0, 0.05) is 31.0 Å². The van der Waals surface area contributed by atoms with Crippen LogP contribution in [0.1, 0.15) is 12.8 Å². The van der Waals surface area contributed by atoms with Gasteiger partial charge in [-0.05, 0) is 31.0 Å². The molecule has 2 aliphatic rings. The number of aromatic hydroxyl groups is 1. The van der Waals surface area contributed by atoms with Crippen molar-refractivity contribution in [1.29, 1.82) is 0 Å². The van der Waals surface area contributed by atoms with Gasteiger partial charge in [-0.25, -0.2) is 4.67 Å². The molecule has 0 aliphatic carbocycles. The summed E-state index contributed by atoms with van der Waals surface area (Å²) in [5.41, 5.74) is 0.941. The minimum atomic E-state index is -3.02. The van der Waals surface area contributed by atoms with Crippen molar-refractivity contribution in [1.82, 2.24) is 9.65 Å². The SMILES string of the molecule is O=[P@]1(c2ccncc2O)N(c2ccccc2)C[C@@H]2CCCN21. The molecule has 4 rings (SSSR count). The Labute approximate surface area is 129 Å². The van der Waals surface area contributed by atoms with Crippen molar-refractivity contribution in [3.05, 3.63) is 48.8 Å². The summed E-state index contributed by atoms with van der Waals surface area (Å²) in [7, 11) is -3.02. The Kier molecular flexibility index (Phi) is 3.21. The lowest BCUT2D eigenvalue weighted by Crippen LogP contribution is -2.27. The van der Waals surface area contributed by atoms with E-state index in [1.165, 1.54) is 6.20 Å². The molecular formula is C16H18N3O2P. The van der Waals surface area contributed by atoms with Crippen molar-refractivity contribution in [2.75, 3.05) is 17.8 Å². The normalized spacial score (nSPS) is 28.0. The van der Waals surface area contributed by atoms with Crippen molar-refractivity contribution < 1.29 is 9.67 Å². The van der Waals surface area contributed by atoms with Gasteiger partial charge in [-0.1, -0.05) is 18.2 Å². The van der Waals surface area contributed by atoms with Crippen LogP contribution < -0.4 is 9.97 Å². The van der Waals surface area contributed by atoms with Gasteiger partial charge in [0.2, 0.25) is 0 Å². The fraction of sp³-hybridized carbons (Fsp3) is 0.312. The Balaban J connectivity index is 1.88. The Bertz CT molecular complexity index is 737. The number of fused-ring (bicyclic) bond motifs is 1. The molecule has 3 heterocycles. The molecule has 2 saturated heterocycles. The molecule has 0 unspecified atom stereocenters. The molecule has 1 aromatic heterocycles. The van der Waals surface area contributed by atoms with Crippen molar-refractivity contribution in [2.45, 2.75) is 18.9 Å². The van der Waals surface area contributed by atoms with E-state index in [9.17, 15) is 9.67 Å². The van der Waals surface area contributed by atoms with Crippen LogP contribution in [0.5, 0.6) is 5.75 Å². The highest BCUT2D eigenvalue weighted by atomic mass is 31.2. The van der Waals surface area contributed by atoms with E-state index in [4.69, 9.17) is 0 Å². The molecule has 0 bridgehead atoms. The van der Waals surface area contributed by atoms with E-state index in [1.54, 1.807) is 12.3 Å². The maximum Gasteiger partial charge on any atom is 0.273 e. The van der Waals surface area contributed by atoms with Gasteiger partial charge < -0.3 is 9.78 Å². The Morgan fingerprint density at radius 3 is 2.82 bits per heavy atom. The Hall–Kier alpha value is -1.84. The number of pyridine rings is 1. The molecule has 0 spiro atoms. The molecule has 6 heteroatoms. The van der Waals surface area contributed by atoms with Gasteiger partial charge in [0.05, 0.1) is 11.5 Å². The minimum Gasteiger partial charge on any atom is -0.505 e. The maximum absolute atomic E-state index is 14.0. The smallest absolute Gasteiger partial charge is 0.273 e. The largest absolute Gasteiger partial charge is 0.505 e. The van der Waals surface area contributed by atoms with Gasteiger partial charge in [-0.15, -0.1) is 0 Å². The van der Waals surface area contributed by atoms with Crippen molar-refractivity contribution >= 4 is 18.4 Å². The highest BCUT2D eigenvalue weighted by molar-refractivity contribution is 7.71. The first-order chi connectivity index (χ1) is 10.7. The molecule has 1 N–H and O–H groups in total. The van der Waals surface area contributed by atoms with Crippen molar-refractivity contribution in [3.63, 3.8) is 0 Å². The summed E-state index contributed by atoms with van der Waals surface area (Å²) < 4.78 is 18.1. The summed E-state index contributed by atoms with van der Waals surface area (Å²) >= 11 is 0. The predicted octanol–water partition coefficient (Wildman–Crippen LogP) is 2.59. The van der Waals surface area contributed by atoms with Crippen molar-refractivity contribution in [2.24, 2.45) is 0 Å². The third-order valence-corrected chi connectivity index (χ3v) is 7.83. The van der Waals surface area contributed by atoms with Crippen molar-refractivity contribution in [3.8, 4) is 5.75 Å². The summed E-state index contributed by atoms with van der Waals surface area (Å²) in [6.07, 6.45) is 5.09. The van der Waals surface area contributed by atoms with Crippen LogP contribution in [-0.2, 0) is 4.57 Å². The Morgan fingerprint density at radius 1 is 1.23 bits per heavy atom. The molecule has 0 saturated carbocycles. The van der Waals surface area contributed by atoms with Gasteiger partial charge in [0.1, 0.15) is 5.75 Å². The fourth-order valence-electron chi connectivity index (χ4n) is 3.57.